The van der Waals surface area contributed by atoms with E-state index < -0.39 is 0 Å². The number of rotatable bonds is 7. The van der Waals surface area contributed by atoms with Crippen LogP contribution in [0.3, 0.4) is 0 Å². The summed E-state index contributed by atoms with van der Waals surface area (Å²) < 4.78 is 2.11. The van der Waals surface area contributed by atoms with Crippen molar-refractivity contribution in [1.29, 1.82) is 5.26 Å². The number of H-pyrrole nitrogens is 1. The molecule has 1 saturated carbocycles. The number of aromatic nitrogens is 3. The maximum absolute atomic E-state index is 9.09. The molecule has 2 N–H and O–H groups in total. The highest BCUT2D eigenvalue weighted by atomic mass is 15.0. The highest BCUT2D eigenvalue weighted by molar-refractivity contribution is 5.85. The first-order chi connectivity index (χ1) is 11.8. The second-order valence-corrected chi connectivity index (χ2v) is 6.58. The summed E-state index contributed by atoms with van der Waals surface area (Å²) in [6.45, 7) is 3.12. The lowest BCUT2D eigenvalue weighted by Gasteiger charge is -2.05. The number of nitrogens with zero attached hydrogens (tertiary/aromatic N) is 3. The van der Waals surface area contributed by atoms with E-state index in [2.05, 4.69) is 32.1 Å². The second kappa shape index (κ2) is 6.50. The third-order valence-corrected chi connectivity index (χ3v) is 4.90. The van der Waals surface area contributed by atoms with Crippen molar-refractivity contribution in [3.05, 3.63) is 54.2 Å². The zero-order chi connectivity index (χ0) is 16.4. The third-order valence-electron chi connectivity index (χ3n) is 4.90. The van der Waals surface area contributed by atoms with Crippen LogP contribution < -0.4 is 5.32 Å². The fraction of sp³-hybridized carbons (Fsp3) is 0.368. The van der Waals surface area contributed by atoms with Crippen molar-refractivity contribution in [2.45, 2.75) is 25.3 Å². The number of hydrogen-bond acceptors (Lipinski definition) is 3. The quantitative estimate of drug-likeness (QED) is 0.658. The van der Waals surface area contributed by atoms with Crippen molar-refractivity contribution in [2.24, 2.45) is 5.92 Å². The van der Waals surface area contributed by atoms with Gasteiger partial charge in [-0.3, -0.25) is 0 Å². The van der Waals surface area contributed by atoms with E-state index in [0.29, 0.717) is 11.8 Å². The number of fused-ring (bicyclic) bond motifs is 1. The molecule has 3 aromatic rings. The molecule has 2 aromatic heterocycles. The predicted molar refractivity (Wildman–Crippen MR) is 93.6 cm³/mol. The van der Waals surface area contributed by atoms with Crippen LogP contribution in [0.25, 0.3) is 10.9 Å². The molecular formula is C19H21N5. The molecule has 5 nitrogen and oxygen atoms in total. The summed E-state index contributed by atoms with van der Waals surface area (Å²) in [6, 6.07) is 8.12. The molecular weight excluding hydrogens is 298 g/mol. The maximum Gasteiger partial charge on any atom is 0.0991 e. The highest BCUT2D eigenvalue weighted by Gasteiger charge is 2.39. The molecule has 5 heteroatoms. The number of aromatic amines is 1. The highest BCUT2D eigenvalue weighted by Crippen LogP contribution is 2.49. The summed E-state index contributed by atoms with van der Waals surface area (Å²) in [6.07, 6.45) is 10.2. The van der Waals surface area contributed by atoms with Gasteiger partial charge in [0.1, 0.15) is 0 Å². The molecule has 1 aliphatic rings. The predicted octanol–water partition coefficient (Wildman–Crippen LogP) is 3.02. The van der Waals surface area contributed by atoms with E-state index in [4.69, 9.17) is 5.26 Å². The Hall–Kier alpha value is -2.58. The summed E-state index contributed by atoms with van der Waals surface area (Å²) >= 11 is 0. The molecule has 0 aliphatic heterocycles. The Morgan fingerprint density at radius 3 is 3.21 bits per heavy atom. The molecule has 0 amide bonds. The lowest BCUT2D eigenvalue weighted by Crippen LogP contribution is -2.19. The molecule has 0 saturated heterocycles. The Kier molecular flexibility index (Phi) is 4.06. The Labute approximate surface area is 141 Å². The van der Waals surface area contributed by atoms with Crippen LogP contribution in [0.15, 0.2) is 43.1 Å². The van der Waals surface area contributed by atoms with Crippen LogP contribution in [0.1, 0.15) is 29.9 Å². The second-order valence-electron chi connectivity index (χ2n) is 6.58. The fourth-order valence-electron chi connectivity index (χ4n) is 3.47. The first-order valence-corrected chi connectivity index (χ1v) is 8.53. The van der Waals surface area contributed by atoms with E-state index in [1.807, 2.05) is 36.9 Å². The zero-order valence-electron chi connectivity index (χ0n) is 13.6. The third kappa shape index (κ3) is 3.06. The minimum absolute atomic E-state index is 0.619. The maximum atomic E-state index is 9.09. The van der Waals surface area contributed by atoms with Crippen molar-refractivity contribution in [1.82, 2.24) is 19.9 Å². The van der Waals surface area contributed by atoms with Crippen molar-refractivity contribution in [2.75, 3.05) is 13.1 Å². The Balaban J connectivity index is 1.28. The lowest BCUT2D eigenvalue weighted by atomic mass is 10.1. The van der Waals surface area contributed by atoms with Gasteiger partial charge in [0.05, 0.1) is 18.0 Å². The van der Waals surface area contributed by atoms with Crippen LogP contribution >= 0.6 is 0 Å². The van der Waals surface area contributed by atoms with E-state index in [-0.39, 0.29) is 0 Å². The minimum Gasteiger partial charge on any atom is -0.361 e. The molecule has 1 aliphatic carbocycles. The molecule has 24 heavy (non-hydrogen) atoms. The number of hydrogen-bond donors (Lipinski definition) is 2. The average molecular weight is 319 g/mol. The SMILES string of the molecule is N#Cc1ccc2[nH]cc(C3CC3CNCCCn3ccnc3)c2c1. The Morgan fingerprint density at radius 1 is 1.42 bits per heavy atom. The molecule has 0 spiro atoms. The molecule has 1 fully saturated rings. The van der Waals surface area contributed by atoms with Crippen LogP contribution in [-0.4, -0.2) is 27.6 Å². The van der Waals surface area contributed by atoms with Gasteiger partial charge in [0.15, 0.2) is 0 Å². The topological polar surface area (TPSA) is 69.4 Å². The normalized spacial score (nSPS) is 19.5. The molecule has 0 radical (unpaired) electrons. The first kappa shape index (κ1) is 15.0. The smallest absolute Gasteiger partial charge is 0.0991 e. The van der Waals surface area contributed by atoms with Gasteiger partial charge in [0, 0.05) is 36.0 Å². The lowest BCUT2D eigenvalue weighted by molar-refractivity contribution is 0.561. The van der Waals surface area contributed by atoms with Gasteiger partial charge >= 0.3 is 0 Å². The molecule has 122 valence electrons. The number of nitriles is 1. The summed E-state index contributed by atoms with van der Waals surface area (Å²) in [5.41, 5.74) is 3.23. The minimum atomic E-state index is 0.619. The van der Waals surface area contributed by atoms with Gasteiger partial charge in [-0.05, 0) is 61.5 Å². The summed E-state index contributed by atoms with van der Waals surface area (Å²) in [5.74, 6) is 1.33. The number of nitrogens with one attached hydrogen (secondary N) is 2. The van der Waals surface area contributed by atoms with Crippen LogP contribution in [0.5, 0.6) is 0 Å². The fourth-order valence-corrected chi connectivity index (χ4v) is 3.47. The molecule has 0 bridgehead atoms. The van der Waals surface area contributed by atoms with Gasteiger partial charge < -0.3 is 14.9 Å². The molecule has 2 heterocycles. The monoisotopic (exact) mass is 319 g/mol. The van der Waals surface area contributed by atoms with E-state index in [1.54, 1.807) is 0 Å². The van der Waals surface area contributed by atoms with Crippen LogP contribution in [0, 0.1) is 17.2 Å². The number of aryl methyl sites for hydroxylation is 1. The Bertz CT molecular complexity index is 856. The van der Waals surface area contributed by atoms with Gasteiger partial charge in [-0.15, -0.1) is 0 Å². The van der Waals surface area contributed by atoms with Crippen LogP contribution in [0.4, 0.5) is 0 Å². The van der Waals surface area contributed by atoms with E-state index in [0.717, 1.165) is 37.1 Å². The Morgan fingerprint density at radius 2 is 2.38 bits per heavy atom. The first-order valence-electron chi connectivity index (χ1n) is 8.53. The molecule has 1 aromatic carbocycles. The summed E-state index contributed by atoms with van der Waals surface area (Å²) in [5, 5.41) is 13.9. The largest absolute Gasteiger partial charge is 0.361 e. The van der Waals surface area contributed by atoms with Gasteiger partial charge in [-0.25, -0.2) is 4.98 Å². The van der Waals surface area contributed by atoms with Crippen LogP contribution in [0.2, 0.25) is 0 Å². The van der Waals surface area contributed by atoms with E-state index >= 15 is 0 Å². The molecule has 4 rings (SSSR count). The summed E-state index contributed by atoms with van der Waals surface area (Å²) in [4.78, 5) is 7.39. The molecule has 2 atom stereocenters. The van der Waals surface area contributed by atoms with Crippen molar-refractivity contribution < 1.29 is 0 Å². The van der Waals surface area contributed by atoms with E-state index in [9.17, 15) is 0 Å². The van der Waals surface area contributed by atoms with Gasteiger partial charge in [0.25, 0.3) is 0 Å². The van der Waals surface area contributed by atoms with Crippen molar-refractivity contribution >= 4 is 10.9 Å². The number of imidazole rings is 1. The zero-order valence-corrected chi connectivity index (χ0v) is 13.6. The van der Waals surface area contributed by atoms with E-state index in [1.165, 1.54) is 17.4 Å². The van der Waals surface area contributed by atoms with Crippen molar-refractivity contribution in [3.8, 4) is 6.07 Å². The van der Waals surface area contributed by atoms with Crippen molar-refractivity contribution in [3.63, 3.8) is 0 Å². The number of benzene rings is 1. The van der Waals surface area contributed by atoms with Gasteiger partial charge in [-0.2, -0.15) is 5.26 Å². The standard InChI is InChI=1S/C19H21N5/c20-10-14-2-3-19-17(8-14)18(12-23-19)16-9-15(16)11-21-4-1-6-24-7-5-22-13-24/h2-3,5,7-8,12-13,15-16,21,23H,1,4,6,9,11H2. The average Bonchev–Trinajstić information content (AvgIpc) is 3.01. The molecule has 2 unspecified atom stereocenters. The van der Waals surface area contributed by atoms with Crippen LogP contribution in [-0.2, 0) is 6.54 Å². The van der Waals surface area contributed by atoms with Gasteiger partial charge in [0.2, 0.25) is 0 Å². The van der Waals surface area contributed by atoms with Gasteiger partial charge in [-0.1, -0.05) is 0 Å². The summed E-state index contributed by atoms with van der Waals surface area (Å²) in [7, 11) is 0.